The van der Waals surface area contributed by atoms with E-state index in [0.29, 0.717) is 18.5 Å². The van der Waals surface area contributed by atoms with Gasteiger partial charge in [-0.3, -0.25) is 9.59 Å². The fourth-order valence-corrected chi connectivity index (χ4v) is 2.59. The summed E-state index contributed by atoms with van der Waals surface area (Å²) in [5.74, 6) is -1.71. The van der Waals surface area contributed by atoms with Gasteiger partial charge >= 0.3 is 5.97 Å². The number of likely N-dealkylation sites (tertiary alicyclic amines) is 1. The molecule has 0 unspecified atom stereocenters. The van der Waals surface area contributed by atoms with Gasteiger partial charge in [0.1, 0.15) is 6.04 Å². The van der Waals surface area contributed by atoms with E-state index < -0.39 is 24.0 Å². The van der Waals surface area contributed by atoms with Crippen LogP contribution in [0.1, 0.15) is 31.4 Å². The number of benzene rings is 1. The Labute approximate surface area is 122 Å². The predicted molar refractivity (Wildman–Crippen MR) is 75.4 cm³/mol. The molecule has 6 heteroatoms. The summed E-state index contributed by atoms with van der Waals surface area (Å²) in [6, 6.07) is 6.83. The molecule has 0 bridgehead atoms. The van der Waals surface area contributed by atoms with Crippen molar-refractivity contribution in [1.82, 2.24) is 10.2 Å². The standard InChI is InChI=1S/C15H18N2O4/c1-10(18)17-9-5-8-12(17)14(19)16-13(15(20)21)11-6-3-2-4-7-11/h2-4,6-7,12-13H,5,8-9H2,1H3,(H,16,19)(H,20,21)/t12-,13+/m1/s1. The number of nitrogens with zero attached hydrogens (tertiary/aromatic N) is 1. The highest BCUT2D eigenvalue weighted by Crippen LogP contribution is 2.19. The van der Waals surface area contributed by atoms with Gasteiger partial charge < -0.3 is 15.3 Å². The molecule has 6 nitrogen and oxygen atoms in total. The predicted octanol–water partition coefficient (Wildman–Crippen LogP) is 0.939. The average Bonchev–Trinajstić information content (AvgIpc) is 2.94. The number of hydrogen-bond acceptors (Lipinski definition) is 3. The van der Waals surface area contributed by atoms with Crippen LogP contribution in [-0.4, -0.2) is 40.4 Å². The van der Waals surface area contributed by atoms with Gasteiger partial charge in [-0.15, -0.1) is 0 Å². The molecule has 0 saturated carbocycles. The maximum atomic E-state index is 12.3. The molecule has 2 N–H and O–H groups in total. The fraction of sp³-hybridized carbons (Fsp3) is 0.400. The monoisotopic (exact) mass is 290 g/mol. The molecule has 112 valence electrons. The summed E-state index contributed by atoms with van der Waals surface area (Å²) in [4.78, 5) is 36.6. The molecule has 0 spiro atoms. The second-order valence-corrected chi connectivity index (χ2v) is 5.06. The highest BCUT2D eigenvalue weighted by atomic mass is 16.4. The van der Waals surface area contributed by atoms with Gasteiger partial charge in [0, 0.05) is 13.5 Å². The number of nitrogens with one attached hydrogen (secondary N) is 1. The molecule has 0 radical (unpaired) electrons. The number of carbonyl (C=O) groups excluding carboxylic acids is 2. The molecule has 1 aromatic rings. The van der Waals surface area contributed by atoms with Gasteiger partial charge in [-0.25, -0.2) is 4.79 Å². The molecular weight excluding hydrogens is 272 g/mol. The Morgan fingerprint density at radius 2 is 1.95 bits per heavy atom. The summed E-state index contributed by atoms with van der Waals surface area (Å²) in [7, 11) is 0. The third kappa shape index (κ3) is 3.39. The van der Waals surface area contributed by atoms with Crippen molar-refractivity contribution < 1.29 is 19.5 Å². The molecule has 0 aliphatic carbocycles. The van der Waals surface area contributed by atoms with Crippen molar-refractivity contribution in [3.8, 4) is 0 Å². The van der Waals surface area contributed by atoms with Gasteiger partial charge in [-0.2, -0.15) is 0 Å². The van der Waals surface area contributed by atoms with Crippen molar-refractivity contribution in [3.63, 3.8) is 0 Å². The van der Waals surface area contributed by atoms with E-state index in [1.165, 1.54) is 11.8 Å². The highest BCUT2D eigenvalue weighted by Gasteiger charge is 2.34. The number of aliphatic carboxylic acids is 1. The third-order valence-electron chi connectivity index (χ3n) is 3.63. The van der Waals surface area contributed by atoms with E-state index in [1.807, 2.05) is 0 Å². The number of amides is 2. The molecule has 21 heavy (non-hydrogen) atoms. The third-order valence-corrected chi connectivity index (χ3v) is 3.63. The molecule has 2 rings (SSSR count). The van der Waals surface area contributed by atoms with E-state index in [2.05, 4.69) is 5.32 Å². The number of carboxylic acids is 1. The molecule has 2 atom stereocenters. The van der Waals surface area contributed by atoms with Crippen molar-refractivity contribution in [2.75, 3.05) is 6.54 Å². The second kappa shape index (κ2) is 6.39. The summed E-state index contributed by atoms with van der Waals surface area (Å²) in [6.07, 6.45) is 1.31. The number of carboxylic acid groups (broad SMARTS) is 1. The Bertz CT molecular complexity index is 544. The molecule has 1 heterocycles. The van der Waals surface area contributed by atoms with E-state index in [-0.39, 0.29) is 5.91 Å². The SMILES string of the molecule is CC(=O)N1CCC[C@@H]1C(=O)N[C@H](C(=O)O)c1ccccc1. The fourth-order valence-electron chi connectivity index (χ4n) is 2.59. The maximum Gasteiger partial charge on any atom is 0.330 e. The molecule has 1 saturated heterocycles. The average molecular weight is 290 g/mol. The Hall–Kier alpha value is -2.37. The smallest absolute Gasteiger partial charge is 0.330 e. The molecule has 1 aromatic carbocycles. The molecule has 1 fully saturated rings. The Morgan fingerprint density at radius 1 is 1.29 bits per heavy atom. The first-order valence-corrected chi connectivity index (χ1v) is 6.86. The van der Waals surface area contributed by atoms with E-state index in [9.17, 15) is 19.5 Å². The number of rotatable bonds is 4. The molecule has 0 aromatic heterocycles. The minimum absolute atomic E-state index is 0.167. The summed E-state index contributed by atoms with van der Waals surface area (Å²) in [6.45, 7) is 1.95. The highest BCUT2D eigenvalue weighted by molar-refractivity contribution is 5.90. The van der Waals surface area contributed by atoms with Gasteiger partial charge in [0.25, 0.3) is 0 Å². The maximum absolute atomic E-state index is 12.3. The van der Waals surface area contributed by atoms with Crippen molar-refractivity contribution >= 4 is 17.8 Å². The largest absolute Gasteiger partial charge is 0.479 e. The minimum atomic E-state index is -1.12. The van der Waals surface area contributed by atoms with E-state index in [0.717, 1.165) is 6.42 Å². The minimum Gasteiger partial charge on any atom is -0.479 e. The second-order valence-electron chi connectivity index (χ2n) is 5.06. The van der Waals surface area contributed by atoms with Crippen molar-refractivity contribution in [2.24, 2.45) is 0 Å². The Balaban J connectivity index is 2.12. The lowest BCUT2D eigenvalue weighted by molar-refractivity contribution is -0.143. The van der Waals surface area contributed by atoms with E-state index in [4.69, 9.17) is 0 Å². The van der Waals surface area contributed by atoms with Crippen molar-refractivity contribution in [3.05, 3.63) is 35.9 Å². The van der Waals surface area contributed by atoms with Crippen LogP contribution in [0.25, 0.3) is 0 Å². The first-order chi connectivity index (χ1) is 10.0. The van der Waals surface area contributed by atoms with Gasteiger partial charge in [0.2, 0.25) is 11.8 Å². The lowest BCUT2D eigenvalue weighted by Gasteiger charge is -2.24. The van der Waals surface area contributed by atoms with E-state index in [1.54, 1.807) is 30.3 Å². The topological polar surface area (TPSA) is 86.7 Å². The Kier molecular flexibility index (Phi) is 4.57. The van der Waals surface area contributed by atoms with Crippen LogP contribution in [0.4, 0.5) is 0 Å². The zero-order chi connectivity index (χ0) is 15.4. The van der Waals surface area contributed by atoms with Crippen LogP contribution in [-0.2, 0) is 14.4 Å². The van der Waals surface area contributed by atoms with Crippen LogP contribution < -0.4 is 5.32 Å². The van der Waals surface area contributed by atoms with Crippen LogP contribution in [0.15, 0.2) is 30.3 Å². The van der Waals surface area contributed by atoms with Crippen LogP contribution >= 0.6 is 0 Å². The lowest BCUT2D eigenvalue weighted by Crippen LogP contribution is -2.47. The summed E-state index contributed by atoms with van der Waals surface area (Å²) >= 11 is 0. The van der Waals surface area contributed by atoms with E-state index >= 15 is 0 Å². The molecule has 1 aliphatic rings. The number of carbonyl (C=O) groups is 3. The summed E-state index contributed by atoms with van der Waals surface area (Å²) in [5.41, 5.74) is 0.505. The van der Waals surface area contributed by atoms with Crippen LogP contribution in [0.5, 0.6) is 0 Å². The van der Waals surface area contributed by atoms with Gasteiger partial charge in [0.05, 0.1) is 0 Å². The van der Waals surface area contributed by atoms with Gasteiger partial charge in [0.15, 0.2) is 6.04 Å². The zero-order valence-electron chi connectivity index (χ0n) is 11.8. The van der Waals surface area contributed by atoms with Crippen LogP contribution in [0.2, 0.25) is 0 Å². The zero-order valence-corrected chi connectivity index (χ0v) is 11.8. The van der Waals surface area contributed by atoms with Crippen LogP contribution in [0.3, 0.4) is 0 Å². The quantitative estimate of drug-likeness (QED) is 0.864. The van der Waals surface area contributed by atoms with Gasteiger partial charge in [-0.05, 0) is 18.4 Å². The molecular formula is C15H18N2O4. The first kappa shape index (κ1) is 15.0. The lowest BCUT2D eigenvalue weighted by atomic mass is 10.1. The summed E-state index contributed by atoms with van der Waals surface area (Å²) < 4.78 is 0. The molecule has 2 amide bonds. The van der Waals surface area contributed by atoms with Crippen molar-refractivity contribution in [2.45, 2.75) is 31.8 Å². The Morgan fingerprint density at radius 3 is 2.52 bits per heavy atom. The van der Waals surface area contributed by atoms with Crippen LogP contribution in [0, 0.1) is 0 Å². The normalized spacial score (nSPS) is 19.1. The van der Waals surface area contributed by atoms with Gasteiger partial charge in [-0.1, -0.05) is 30.3 Å². The first-order valence-electron chi connectivity index (χ1n) is 6.86. The number of hydrogen-bond donors (Lipinski definition) is 2. The van der Waals surface area contributed by atoms with Crippen molar-refractivity contribution in [1.29, 1.82) is 0 Å². The summed E-state index contributed by atoms with van der Waals surface area (Å²) in [5, 5.41) is 11.8. The molecule has 1 aliphatic heterocycles.